The van der Waals surface area contributed by atoms with E-state index in [4.69, 9.17) is 5.73 Å². The number of nitrogen functional groups attached to an aromatic ring is 1. The zero-order chi connectivity index (χ0) is 15.0. The van der Waals surface area contributed by atoms with Crippen molar-refractivity contribution in [3.8, 4) is 0 Å². The van der Waals surface area contributed by atoms with Gasteiger partial charge in [0.15, 0.2) is 0 Å². The highest BCUT2D eigenvalue weighted by molar-refractivity contribution is 5.61. The summed E-state index contributed by atoms with van der Waals surface area (Å²) in [4.78, 5) is 2.00. The van der Waals surface area contributed by atoms with Crippen LogP contribution >= 0.6 is 0 Å². The first-order valence-electron chi connectivity index (χ1n) is 7.70. The Bertz CT molecular complexity index is 511. The molecule has 2 fully saturated rings. The average molecular weight is 298 g/mol. The Labute approximate surface area is 123 Å². The molecule has 0 bridgehead atoms. The molecule has 0 spiro atoms. The molecule has 1 aromatic carbocycles. The molecule has 116 valence electrons. The second-order valence-electron chi connectivity index (χ2n) is 6.22. The third-order valence-corrected chi connectivity index (χ3v) is 4.88. The maximum Gasteiger partial charge on any atom is 0.418 e. The lowest BCUT2D eigenvalue weighted by Crippen LogP contribution is -2.47. The van der Waals surface area contributed by atoms with Crippen molar-refractivity contribution in [2.75, 3.05) is 17.2 Å². The monoisotopic (exact) mass is 298 g/mol. The molecule has 0 radical (unpaired) electrons. The highest BCUT2D eigenvalue weighted by Crippen LogP contribution is 2.43. The number of halogens is 3. The summed E-state index contributed by atoms with van der Waals surface area (Å²) in [5.74, 6) is 0.547. The number of nitrogens with two attached hydrogens (primary N) is 1. The Morgan fingerprint density at radius 1 is 1.05 bits per heavy atom. The number of hydrogen-bond donors (Lipinski definition) is 1. The first-order valence-corrected chi connectivity index (χ1v) is 7.70. The molecule has 1 aromatic rings. The van der Waals surface area contributed by atoms with Gasteiger partial charge in [-0.25, -0.2) is 0 Å². The summed E-state index contributed by atoms with van der Waals surface area (Å²) in [5, 5.41) is 0. The van der Waals surface area contributed by atoms with Crippen molar-refractivity contribution in [3.63, 3.8) is 0 Å². The Morgan fingerprint density at radius 3 is 2.52 bits per heavy atom. The summed E-state index contributed by atoms with van der Waals surface area (Å²) in [5.41, 5.74) is 5.46. The average Bonchev–Trinajstić information content (AvgIpc) is 2.46. The first-order chi connectivity index (χ1) is 9.97. The maximum atomic E-state index is 13.3. The van der Waals surface area contributed by atoms with E-state index >= 15 is 0 Å². The lowest BCUT2D eigenvalue weighted by atomic mass is 9.78. The predicted molar refractivity (Wildman–Crippen MR) is 78.2 cm³/mol. The number of piperidine rings is 1. The molecule has 2 atom stereocenters. The van der Waals surface area contributed by atoms with Crippen LogP contribution in [0, 0.1) is 5.92 Å². The van der Waals surface area contributed by atoms with Gasteiger partial charge < -0.3 is 10.6 Å². The topological polar surface area (TPSA) is 29.3 Å². The van der Waals surface area contributed by atoms with E-state index in [1.807, 2.05) is 4.90 Å². The van der Waals surface area contributed by atoms with Gasteiger partial charge in [-0.3, -0.25) is 0 Å². The van der Waals surface area contributed by atoms with E-state index in [0.717, 1.165) is 38.2 Å². The fourth-order valence-corrected chi connectivity index (χ4v) is 3.96. The molecule has 2 aliphatic rings. The quantitative estimate of drug-likeness (QED) is 0.776. The van der Waals surface area contributed by atoms with Crippen molar-refractivity contribution < 1.29 is 13.2 Å². The molecule has 1 aliphatic carbocycles. The van der Waals surface area contributed by atoms with Crippen molar-refractivity contribution in [1.29, 1.82) is 0 Å². The van der Waals surface area contributed by atoms with Crippen molar-refractivity contribution in [2.45, 2.75) is 50.7 Å². The fraction of sp³-hybridized carbons (Fsp3) is 0.625. The van der Waals surface area contributed by atoms with Crippen LogP contribution in [0.3, 0.4) is 0 Å². The number of nitrogens with zero attached hydrogens (tertiary/aromatic N) is 1. The van der Waals surface area contributed by atoms with Crippen LogP contribution in [0.25, 0.3) is 0 Å². The number of alkyl halides is 3. The minimum atomic E-state index is -4.35. The molecule has 21 heavy (non-hydrogen) atoms. The van der Waals surface area contributed by atoms with Crippen LogP contribution < -0.4 is 10.6 Å². The molecule has 3 rings (SSSR count). The van der Waals surface area contributed by atoms with Crippen LogP contribution in [0.2, 0.25) is 0 Å². The zero-order valence-electron chi connectivity index (χ0n) is 12.0. The molecular formula is C16H21F3N2. The van der Waals surface area contributed by atoms with Crippen LogP contribution in [0.5, 0.6) is 0 Å². The lowest BCUT2D eigenvalue weighted by molar-refractivity contribution is -0.137. The van der Waals surface area contributed by atoms with Gasteiger partial charge in [-0.1, -0.05) is 12.8 Å². The fourth-order valence-electron chi connectivity index (χ4n) is 3.96. The minimum absolute atomic E-state index is 0.170. The van der Waals surface area contributed by atoms with Gasteiger partial charge in [0.2, 0.25) is 0 Å². The van der Waals surface area contributed by atoms with E-state index in [0.29, 0.717) is 18.2 Å². The molecule has 2 unspecified atom stereocenters. The molecular weight excluding hydrogens is 277 g/mol. The molecule has 1 heterocycles. The Hall–Kier alpha value is -1.39. The van der Waals surface area contributed by atoms with Crippen molar-refractivity contribution in [1.82, 2.24) is 0 Å². The van der Waals surface area contributed by atoms with Gasteiger partial charge in [0.25, 0.3) is 0 Å². The molecule has 1 saturated carbocycles. The SMILES string of the molecule is Nc1ccc(N2CCCC3CCCCC32)c(C(F)(F)F)c1. The Kier molecular flexibility index (Phi) is 3.76. The van der Waals surface area contributed by atoms with E-state index in [2.05, 4.69) is 0 Å². The summed E-state index contributed by atoms with van der Waals surface area (Å²) < 4.78 is 40.0. The molecule has 2 nitrogen and oxygen atoms in total. The summed E-state index contributed by atoms with van der Waals surface area (Å²) in [6.07, 6.45) is 2.26. The largest absolute Gasteiger partial charge is 0.418 e. The van der Waals surface area contributed by atoms with E-state index < -0.39 is 11.7 Å². The summed E-state index contributed by atoms with van der Waals surface area (Å²) in [6.45, 7) is 0.716. The Morgan fingerprint density at radius 2 is 1.76 bits per heavy atom. The number of fused-ring (bicyclic) bond motifs is 1. The highest BCUT2D eigenvalue weighted by Gasteiger charge is 2.39. The van der Waals surface area contributed by atoms with Crippen molar-refractivity contribution in [3.05, 3.63) is 23.8 Å². The van der Waals surface area contributed by atoms with E-state index in [1.165, 1.54) is 6.42 Å². The van der Waals surface area contributed by atoms with Crippen LogP contribution in [0.1, 0.15) is 44.1 Å². The highest BCUT2D eigenvalue weighted by atomic mass is 19.4. The minimum Gasteiger partial charge on any atom is -0.399 e. The van der Waals surface area contributed by atoms with Gasteiger partial charge in [0.05, 0.1) is 5.56 Å². The smallest absolute Gasteiger partial charge is 0.399 e. The van der Waals surface area contributed by atoms with Crippen LogP contribution in [0.15, 0.2) is 18.2 Å². The maximum absolute atomic E-state index is 13.3. The van der Waals surface area contributed by atoms with Crippen LogP contribution in [0.4, 0.5) is 24.5 Å². The first kappa shape index (κ1) is 14.5. The third kappa shape index (κ3) is 2.83. The van der Waals surface area contributed by atoms with Gasteiger partial charge in [-0.15, -0.1) is 0 Å². The van der Waals surface area contributed by atoms with E-state index in [9.17, 15) is 13.2 Å². The standard InChI is InChI=1S/C16H21F3N2/c17-16(18,19)13-10-12(20)7-8-15(13)21-9-3-5-11-4-1-2-6-14(11)21/h7-8,10-11,14H,1-6,9,20H2. The molecule has 1 aliphatic heterocycles. The molecule has 1 saturated heterocycles. The third-order valence-electron chi connectivity index (χ3n) is 4.88. The molecule has 5 heteroatoms. The molecule has 0 aromatic heterocycles. The molecule has 2 N–H and O–H groups in total. The van der Waals surface area contributed by atoms with Crippen LogP contribution in [-0.2, 0) is 6.18 Å². The number of hydrogen-bond acceptors (Lipinski definition) is 2. The summed E-state index contributed by atoms with van der Waals surface area (Å²) in [7, 11) is 0. The van der Waals surface area contributed by atoms with Gasteiger partial charge in [0.1, 0.15) is 0 Å². The number of benzene rings is 1. The van der Waals surface area contributed by atoms with Crippen molar-refractivity contribution in [2.24, 2.45) is 5.92 Å². The zero-order valence-corrected chi connectivity index (χ0v) is 12.0. The normalized spacial score (nSPS) is 26.5. The number of anilines is 2. The van der Waals surface area contributed by atoms with E-state index in [1.54, 1.807) is 12.1 Å². The van der Waals surface area contributed by atoms with Crippen LogP contribution in [-0.4, -0.2) is 12.6 Å². The predicted octanol–water partition coefficient (Wildman–Crippen LogP) is 4.45. The lowest BCUT2D eigenvalue weighted by Gasteiger charge is -2.46. The van der Waals surface area contributed by atoms with Gasteiger partial charge >= 0.3 is 6.18 Å². The Balaban J connectivity index is 1.99. The van der Waals surface area contributed by atoms with Gasteiger partial charge in [-0.05, 0) is 49.8 Å². The van der Waals surface area contributed by atoms with Gasteiger partial charge in [-0.2, -0.15) is 13.2 Å². The van der Waals surface area contributed by atoms with E-state index in [-0.39, 0.29) is 11.7 Å². The second kappa shape index (κ2) is 5.43. The van der Waals surface area contributed by atoms with Crippen molar-refractivity contribution >= 4 is 11.4 Å². The summed E-state index contributed by atoms with van der Waals surface area (Å²) >= 11 is 0. The second-order valence-corrected chi connectivity index (χ2v) is 6.22. The summed E-state index contributed by atoms with van der Waals surface area (Å²) in [6, 6.07) is 4.46. The molecule has 0 amide bonds. The number of rotatable bonds is 1. The van der Waals surface area contributed by atoms with Gasteiger partial charge in [0, 0.05) is 24.0 Å².